The number of ether oxygens (including phenoxy) is 11. The Balaban J connectivity index is 1.13. The molecule has 1 unspecified atom stereocenters. The van der Waals surface area contributed by atoms with E-state index in [0.717, 1.165) is 60.8 Å². The Kier molecular flexibility index (Phi) is 19.3. The van der Waals surface area contributed by atoms with Crippen LogP contribution in [0, 0.1) is 0 Å². The number of methoxy groups -OCH3 is 1. The molecule has 0 aromatic heterocycles. The lowest BCUT2D eigenvalue weighted by atomic mass is 9.96. The zero-order valence-corrected chi connectivity index (χ0v) is 37.5. The van der Waals surface area contributed by atoms with Crippen LogP contribution in [0.5, 0.6) is 0 Å². The minimum absolute atomic E-state index is 0.171. The number of carbonyl (C=O) groups excluding carboxylic acids is 2. The second-order valence-corrected chi connectivity index (χ2v) is 16.7. The van der Waals surface area contributed by atoms with E-state index in [0.29, 0.717) is 32.7 Å². The summed E-state index contributed by atoms with van der Waals surface area (Å²) in [7, 11) is 1.41. The summed E-state index contributed by atoms with van der Waals surface area (Å²) < 4.78 is 70.6. The molecule has 0 N–H and O–H groups in total. The largest absolute Gasteiger partial charge is 0.469 e. The Morgan fingerprint density at radius 2 is 1.20 bits per heavy atom. The van der Waals surface area contributed by atoms with Crippen molar-refractivity contribution in [3.8, 4) is 0 Å². The van der Waals surface area contributed by atoms with Gasteiger partial charge in [0.2, 0.25) is 0 Å². The molecule has 65 heavy (non-hydrogen) atoms. The lowest BCUT2D eigenvalue weighted by Crippen LogP contribution is -2.65. The molecule has 350 valence electrons. The SMILES string of the molecule is COC(=O)CCCCCCCCO[C@H]1O[C@@H]2COC(c3ccccc3)O[C@H]2[C@H](OC(C)=O)[C@H]1O[C@H]1O[C@H](COCc2ccccc2)[C@H](OCc2ccccc2)C[C@H]1OCc1ccccc1. The predicted molar refractivity (Wildman–Crippen MR) is 239 cm³/mol. The predicted octanol–water partition coefficient (Wildman–Crippen LogP) is 8.57. The average Bonchev–Trinajstić information content (AvgIpc) is 3.34. The average molecular weight is 897 g/mol. The van der Waals surface area contributed by atoms with E-state index < -0.39 is 67.6 Å². The van der Waals surface area contributed by atoms with E-state index in [1.165, 1.54) is 14.0 Å². The number of carbonyl (C=O) groups is 2. The minimum atomic E-state index is -1.01. The maximum Gasteiger partial charge on any atom is 0.305 e. The van der Waals surface area contributed by atoms with Crippen molar-refractivity contribution in [2.75, 3.05) is 26.9 Å². The number of fused-ring (bicyclic) bond motifs is 1. The van der Waals surface area contributed by atoms with Crippen LogP contribution in [0.15, 0.2) is 121 Å². The summed E-state index contributed by atoms with van der Waals surface area (Å²) >= 11 is 0. The van der Waals surface area contributed by atoms with Gasteiger partial charge in [0, 0.05) is 31.9 Å². The van der Waals surface area contributed by atoms with Crippen molar-refractivity contribution >= 4 is 11.9 Å². The third-order valence-corrected chi connectivity index (χ3v) is 11.7. The molecule has 3 saturated heterocycles. The summed E-state index contributed by atoms with van der Waals surface area (Å²) in [6.45, 7) is 3.14. The van der Waals surface area contributed by atoms with Crippen LogP contribution < -0.4 is 0 Å². The first-order valence-corrected chi connectivity index (χ1v) is 23.0. The van der Waals surface area contributed by atoms with Crippen molar-refractivity contribution in [3.63, 3.8) is 0 Å². The fourth-order valence-corrected chi connectivity index (χ4v) is 8.32. The van der Waals surface area contributed by atoms with Crippen LogP contribution >= 0.6 is 0 Å². The summed E-state index contributed by atoms with van der Waals surface area (Å²) in [5, 5.41) is 0. The Hall–Kier alpha value is -4.54. The van der Waals surface area contributed by atoms with Crippen molar-refractivity contribution < 1.29 is 61.7 Å². The van der Waals surface area contributed by atoms with Crippen LogP contribution in [0.1, 0.15) is 86.8 Å². The molecule has 10 atom stereocenters. The van der Waals surface area contributed by atoms with Crippen molar-refractivity contribution in [3.05, 3.63) is 144 Å². The van der Waals surface area contributed by atoms with Gasteiger partial charge >= 0.3 is 11.9 Å². The van der Waals surface area contributed by atoms with Crippen LogP contribution in [0.2, 0.25) is 0 Å². The normalized spacial score (nSPS) is 26.5. The van der Waals surface area contributed by atoms with E-state index in [2.05, 4.69) is 0 Å². The van der Waals surface area contributed by atoms with Crippen LogP contribution in [-0.2, 0) is 81.5 Å². The molecule has 0 saturated carbocycles. The molecule has 13 heteroatoms. The summed E-state index contributed by atoms with van der Waals surface area (Å²) in [5.41, 5.74) is 3.86. The van der Waals surface area contributed by atoms with E-state index in [4.69, 9.17) is 52.1 Å². The standard InChI is InChI=1S/C52H64O13/c1-37(53)61-48-47-45(36-60-50(64-47)41-27-17-10-18-28-41)63-52(57-30-20-6-4-3-5-19-29-46(54)55-2)49(48)65-51-43(59-34-40-25-15-9-16-26-40)31-42(58-33-39-23-13-8-14-24-39)44(62-51)35-56-32-38-21-11-7-12-22-38/h7-18,21-28,42-45,47-52H,3-6,19-20,29-36H2,1-2H3/t42-,43-,44-,45-,47-,48+,49-,50?,51-,52+/m1/s1. The molecule has 3 heterocycles. The van der Waals surface area contributed by atoms with Gasteiger partial charge in [0.25, 0.3) is 0 Å². The molecule has 0 amide bonds. The van der Waals surface area contributed by atoms with E-state index in [9.17, 15) is 9.59 Å². The molecule has 3 fully saturated rings. The number of rotatable bonds is 24. The van der Waals surface area contributed by atoms with E-state index in [-0.39, 0.29) is 25.8 Å². The first-order chi connectivity index (χ1) is 31.9. The Morgan fingerprint density at radius 3 is 1.83 bits per heavy atom. The number of hydrogen-bond donors (Lipinski definition) is 0. The van der Waals surface area contributed by atoms with Gasteiger partial charge < -0.3 is 52.1 Å². The monoisotopic (exact) mass is 896 g/mol. The Bertz CT molecular complexity index is 1950. The molecule has 13 nitrogen and oxygen atoms in total. The third-order valence-electron chi connectivity index (χ3n) is 11.7. The van der Waals surface area contributed by atoms with E-state index >= 15 is 0 Å². The van der Waals surface area contributed by atoms with Crippen LogP contribution in [0.3, 0.4) is 0 Å². The zero-order chi connectivity index (χ0) is 45.1. The third kappa shape index (κ3) is 15.0. The highest BCUT2D eigenvalue weighted by Crippen LogP contribution is 2.39. The quantitative estimate of drug-likeness (QED) is 0.0492. The first-order valence-electron chi connectivity index (χ1n) is 23.0. The number of hydrogen-bond acceptors (Lipinski definition) is 13. The maximum atomic E-state index is 13.0. The van der Waals surface area contributed by atoms with E-state index in [1.807, 2.05) is 121 Å². The minimum Gasteiger partial charge on any atom is -0.469 e. The van der Waals surface area contributed by atoms with Gasteiger partial charge in [0.1, 0.15) is 24.4 Å². The lowest BCUT2D eigenvalue weighted by molar-refractivity contribution is -0.391. The van der Waals surface area contributed by atoms with Gasteiger partial charge in [0.05, 0.1) is 46.2 Å². The fraction of sp³-hybridized carbons (Fsp3) is 0.500. The molecule has 4 aromatic carbocycles. The van der Waals surface area contributed by atoms with Crippen molar-refractivity contribution in [2.24, 2.45) is 0 Å². The van der Waals surface area contributed by atoms with Gasteiger partial charge in [-0.3, -0.25) is 9.59 Å². The van der Waals surface area contributed by atoms with Crippen LogP contribution in [-0.4, -0.2) is 94.2 Å². The summed E-state index contributed by atoms with van der Waals surface area (Å²) in [6.07, 6.45) is -1.50. The highest BCUT2D eigenvalue weighted by Gasteiger charge is 2.55. The van der Waals surface area contributed by atoms with E-state index in [1.54, 1.807) is 0 Å². The number of esters is 2. The highest BCUT2D eigenvalue weighted by atomic mass is 16.8. The lowest BCUT2D eigenvalue weighted by Gasteiger charge is -2.50. The van der Waals surface area contributed by atoms with Gasteiger partial charge in [-0.1, -0.05) is 147 Å². The second-order valence-electron chi connectivity index (χ2n) is 16.7. The van der Waals surface area contributed by atoms with Gasteiger partial charge in [0.15, 0.2) is 31.1 Å². The van der Waals surface area contributed by atoms with Gasteiger partial charge in [-0.05, 0) is 29.5 Å². The second kappa shape index (κ2) is 26.0. The van der Waals surface area contributed by atoms with Gasteiger partial charge in [-0.2, -0.15) is 0 Å². The molecule has 0 bridgehead atoms. The Morgan fingerprint density at radius 1 is 0.615 bits per heavy atom. The smallest absolute Gasteiger partial charge is 0.305 e. The summed E-state index contributed by atoms with van der Waals surface area (Å²) in [4.78, 5) is 24.5. The molecular weight excluding hydrogens is 833 g/mol. The molecule has 0 radical (unpaired) electrons. The van der Waals surface area contributed by atoms with Crippen LogP contribution in [0.4, 0.5) is 0 Å². The summed E-state index contributed by atoms with van der Waals surface area (Å²) in [5.74, 6) is -0.693. The number of unbranched alkanes of at least 4 members (excludes halogenated alkanes) is 5. The van der Waals surface area contributed by atoms with Gasteiger partial charge in [-0.25, -0.2) is 0 Å². The molecular formula is C52H64O13. The summed E-state index contributed by atoms with van der Waals surface area (Å²) in [6, 6.07) is 39.5. The van der Waals surface area contributed by atoms with Gasteiger partial charge in [-0.15, -0.1) is 0 Å². The Labute approximate surface area is 382 Å². The van der Waals surface area contributed by atoms with Crippen molar-refractivity contribution in [1.82, 2.24) is 0 Å². The topological polar surface area (TPSA) is 136 Å². The molecule has 0 spiro atoms. The van der Waals surface area contributed by atoms with Crippen molar-refractivity contribution in [2.45, 2.75) is 140 Å². The molecule has 3 aliphatic heterocycles. The maximum absolute atomic E-state index is 13.0. The zero-order valence-electron chi connectivity index (χ0n) is 37.5. The molecule has 3 aliphatic rings. The first kappa shape index (κ1) is 48.4. The molecule has 4 aromatic rings. The number of benzene rings is 4. The van der Waals surface area contributed by atoms with Crippen molar-refractivity contribution in [1.29, 1.82) is 0 Å². The highest BCUT2D eigenvalue weighted by molar-refractivity contribution is 5.69. The van der Waals surface area contributed by atoms with Crippen LogP contribution in [0.25, 0.3) is 0 Å². The molecule has 7 rings (SSSR count). The molecule has 0 aliphatic carbocycles. The fourth-order valence-electron chi connectivity index (χ4n) is 8.32.